The van der Waals surface area contributed by atoms with E-state index in [4.69, 9.17) is 28.3 Å². The highest BCUT2D eigenvalue weighted by Crippen LogP contribution is 2.36. The van der Waals surface area contributed by atoms with E-state index in [9.17, 15) is 9.59 Å². The van der Waals surface area contributed by atoms with E-state index < -0.39 is 17.8 Å². The van der Waals surface area contributed by atoms with Gasteiger partial charge in [0, 0.05) is 13.6 Å². The molecular formula is C14H15Cl2NO3. The number of nitrogens with zero attached hydrogens (tertiary/aromatic N) is 1. The van der Waals surface area contributed by atoms with Gasteiger partial charge in [0.1, 0.15) is 0 Å². The van der Waals surface area contributed by atoms with Crippen molar-refractivity contribution < 1.29 is 14.7 Å². The van der Waals surface area contributed by atoms with E-state index in [1.807, 2.05) is 0 Å². The third-order valence-electron chi connectivity index (χ3n) is 3.69. The zero-order valence-corrected chi connectivity index (χ0v) is 12.5. The molecule has 1 aliphatic rings. The molecular weight excluding hydrogens is 301 g/mol. The van der Waals surface area contributed by atoms with Gasteiger partial charge in [-0.25, -0.2) is 0 Å². The molecule has 0 saturated heterocycles. The van der Waals surface area contributed by atoms with Crippen LogP contribution in [-0.4, -0.2) is 28.9 Å². The predicted octanol–water partition coefficient (Wildman–Crippen LogP) is 3.06. The van der Waals surface area contributed by atoms with E-state index in [1.54, 1.807) is 30.1 Å². The summed E-state index contributed by atoms with van der Waals surface area (Å²) in [6.07, 6.45) is 1.22. The Bertz CT molecular complexity index is 547. The molecule has 1 amide bonds. The van der Waals surface area contributed by atoms with Gasteiger partial charge in [-0.3, -0.25) is 9.59 Å². The number of carboxylic acids is 1. The van der Waals surface area contributed by atoms with Crippen molar-refractivity contribution in [3.05, 3.63) is 33.8 Å². The minimum atomic E-state index is -0.891. The van der Waals surface area contributed by atoms with Crippen molar-refractivity contribution in [3.63, 3.8) is 0 Å². The number of benzene rings is 1. The normalized spacial score (nSPS) is 21.1. The van der Waals surface area contributed by atoms with Gasteiger partial charge in [-0.2, -0.15) is 0 Å². The van der Waals surface area contributed by atoms with E-state index >= 15 is 0 Å². The van der Waals surface area contributed by atoms with E-state index in [1.165, 1.54) is 0 Å². The van der Waals surface area contributed by atoms with Crippen molar-refractivity contribution in [1.82, 2.24) is 4.90 Å². The Morgan fingerprint density at radius 3 is 2.40 bits per heavy atom. The molecule has 0 spiro atoms. The van der Waals surface area contributed by atoms with Gasteiger partial charge in [0.05, 0.1) is 21.9 Å². The first-order valence-corrected chi connectivity index (χ1v) is 7.07. The van der Waals surface area contributed by atoms with Crippen LogP contribution in [0.1, 0.15) is 18.4 Å². The third-order valence-corrected chi connectivity index (χ3v) is 4.43. The van der Waals surface area contributed by atoms with Crippen LogP contribution < -0.4 is 0 Å². The zero-order valence-electron chi connectivity index (χ0n) is 11.0. The Morgan fingerprint density at radius 1 is 1.25 bits per heavy atom. The molecule has 20 heavy (non-hydrogen) atoms. The molecule has 1 N–H and O–H groups in total. The third kappa shape index (κ3) is 3.07. The molecule has 2 atom stereocenters. The Balaban J connectivity index is 2.00. The van der Waals surface area contributed by atoms with Gasteiger partial charge in [-0.1, -0.05) is 29.3 Å². The molecule has 2 unspecified atom stereocenters. The highest BCUT2D eigenvalue weighted by Gasteiger charge is 2.42. The molecule has 1 fully saturated rings. The lowest BCUT2D eigenvalue weighted by atomic mass is 9.73. The first-order valence-electron chi connectivity index (χ1n) is 6.32. The number of aliphatic carboxylic acids is 1. The largest absolute Gasteiger partial charge is 0.481 e. The fraction of sp³-hybridized carbons (Fsp3) is 0.429. The van der Waals surface area contributed by atoms with Crippen LogP contribution in [0.15, 0.2) is 18.2 Å². The van der Waals surface area contributed by atoms with Gasteiger partial charge < -0.3 is 10.0 Å². The van der Waals surface area contributed by atoms with Crippen LogP contribution in [-0.2, 0) is 16.1 Å². The van der Waals surface area contributed by atoms with Crippen molar-refractivity contribution >= 4 is 35.1 Å². The number of halogens is 2. The monoisotopic (exact) mass is 315 g/mol. The first kappa shape index (κ1) is 15.1. The summed E-state index contributed by atoms with van der Waals surface area (Å²) in [5, 5.41) is 9.90. The van der Waals surface area contributed by atoms with Crippen molar-refractivity contribution in [2.45, 2.75) is 19.4 Å². The SMILES string of the molecule is CN(Cc1ccc(Cl)c(Cl)c1)C(=O)C1CCC1C(=O)O. The van der Waals surface area contributed by atoms with Crippen LogP contribution in [0.5, 0.6) is 0 Å². The molecule has 0 heterocycles. The van der Waals surface area contributed by atoms with E-state index in [2.05, 4.69) is 0 Å². The minimum absolute atomic E-state index is 0.130. The second-order valence-electron chi connectivity index (χ2n) is 5.07. The Kier molecular flexibility index (Phi) is 4.55. The Morgan fingerprint density at radius 2 is 1.90 bits per heavy atom. The molecule has 1 aliphatic carbocycles. The highest BCUT2D eigenvalue weighted by molar-refractivity contribution is 6.42. The standard InChI is InChI=1S/C14H15Cl2NO3/c1-17(7-8-2-5-11(15)12(16)6-8)13(18)9-3-4-10(9)14(19)20/h2,5-6,9-10H,3-4,7H2,1H3,(H,19,20). The average Bonchev–Trinajstić information content (AvgIpc) is 2.31. The fourth-order valence-corrected chi connectivity index (χ4v) is 2.68. The number of carbonyl (C=O) groups excluding carboxylic acids is 1. The topological polar surface area (TPSA) is 57.6 Å². The summed E-state index contributed by atoms with van der Waals surface area (Å²) < 4.78 is 0. The second-order valence-corrected chi connectivity index (χ2v) is 5.89. The molecule has 0 aliphatic heterocycles. The van der Waals surface area contributed by atoms with Gasteiger partial charge in [-0.15, -0.1) is 0 Å². The minimum Gasteiger partial charge on any atom is -0.481 e. The summed E-state index contributed by atoms with van der Waals surface area (Å²) >= 11 is 11.8. The Hall–Kier alpha value is -1.26. The lowest BCUT2D eigenvalue weighted by Crippen LogP contribution is -2.44. The van der Waals surface area contributed by atoms with Crippen LogP contribution in [0.2, 0.25) is 10.0 Å². The summed E-state index contributed by atoms with van der Waals surface area (Å²) in [6.45, 7) is 0.387. The molecule has 0 radical (unpaired) electrons. The highest BCUT2D eigenvalue weighted by atomic mass is 35.5. The number of amides is 1. The number of hydrogen-bond acceptors (Lipinski definition) is 2. The van der Waals surface area contributed by atoms with Gasteiger partial charge in [0.2, 0.25) is 5.91 Å². The van der Waals surface area contributed by atoms with Crippen molar-refractivity contribution in [3.8, 4) is 0 Å². The molecule has 108 valence electrons. The smallest absolute Gasteiger partial charge is 0.307 e. The molecule has 0 bridgehead atoms. The average molecular weight is 316 g/mol. The molecule has 6 heteroatoms. The molecule has 2 rings (SSSR count). The number of carboxylic acid groups (broad SMARTS) is 1. The van der Waals surface area contributed by atoms with Crippen LogP contribution in [0, 0.1) is 11.8 Å². The summed E-state index contributed by atoms with van der Waals surface area (Å²) in [7, 11) is 1.67. The van der Waals surface area contributed by atoms with Crippen molar-refractivity contribution in [2.75, 3.05) is 7.05 Å². The van der Waals surface area contributed by atoms with Crippen molar-refractivity contribution in [1.29, 1.82) is 0 Å². The molecule has 0 aromatic heterocycles. The first-order chi connectivity index (χ1) is 9.40. The predicted molar refractivity (Wildman–Crippen MR) is 76.8 cm³/mol. The maximum Gasteiger partial charge on any atom is 0.307 e. The lowest BCUT2D eigenvalue weighted by Gasteiger charge is -2.35. The van der Waals surface area contributed by atoms with Gasteiger partial charge in [0.25, 0.3) is 0 Å². The van der Waals surface area contributed by atoms with Gasteiger partial charge in [0.15, 0.2) is 0 Å². The van der Waals surface area contributed by atoms with E-state index in [-0.39, 0.29) is 5.91 Å². The molecule has 1 aromatic carbocycles. The molecule has 1 saturated carbocycles. The fourth-order valence-electron chi connectivity index (χ4n) is 2.36. The lowest BCUT2D eigenvalue weighted by molar-refractivity contribution is -0.156. The van der Waals surface area contributed by atoms with E-state index in [0.29, 0.717) is 29.4 Å². The van der Waals surface area contributed by atoms with E-state index in [0.717, 1.165) is 5.56 Å². The summed E-state index contributed by atoms with van der Waals surface area (Å²) in [5.74, 6) is -1.97. The van der Waals surface area contributed by atoms with Crippen LogP contribution in [0.3, 0.4) is 0 Å². The summed E-state index contributed by atoms with van der Waals surface area (Å²) in [5.41, 5.74) is 0.862. The number of rotatable bonds is 4. The van der Waals surface area contributed by atoms with Gasteiger partial charge >= 0.3 is 5.97 Å². The van der Waals surface area contributed by atoms with Gasteiger partial charge in [-0.05, 0) is 30.5 Å². The van der Waals surface area contributed by atoms with Crippen LogP contribution in [0.4, 0.5) is 0 Å². The maximum absolute atomic E-state index is 12.2. The van der Waals surface area contributed by atoms with Crippen LogP contribution in [0.25, 0.3) is 0 Å². The zero-order chi connectivity index (χ0) is 14.9. The quantitative estimate of drug-likeness (QED) is 0.929. The molecule has 1 aromatic rings. The summed E-state index contributed by atoms with van der Waals surface area (Å²) in [4.78, 5) is 24.7. The van der Waals surface area contributed by atoms with Crippen molar-refractivity contribution in [2.24, 2.45) is 11.8 Å². The maximum atomic E-state index is 12.2. The summed E-state index contributed by atoms with van der Waals surface area (Å²) in [6, 6.07) is 5.19. The molecule has 4 nitrogen and oxygen atoms in total. The number of hydrogen-bond donors (Lipinski definition) is 1. The van der Waals surface area contributed by atoms with Crippen LogP contribution >= 0.6 is 23.2 Å². The number of carbonyl (C=O) groups is 2. The Labute approximate surface area is 127 Å². The second kappa shape index (κ2) is 6.02.